The molecule has 0 aliphatic rings. The Labute approximate surface area is 359 Å². The summed E-state index contributed by atoms with van der Waals surface area (Å²) in [4.78, 5) is 2.49. The smallest absolute Gasteiger partial charge is 0.0543 e. The second-order valence-electron chi connectivity index (χ2n) is 16.9. The highest BCUT2D eigenvalue weighted by Gasteiger charge is 2.24. The summed E-state index contributed by atoms with van der Waals surface area (Å²) in [5, 5.41) is 4.99. The molecule has 10 rings (SSSR count). The molecular weight excluding hydrogens is 735 g/mol. The molecule has 0 aromatic heterocycles. The molecule has 0 fully saturated rings. The molecule has 0 bridgehead atoms. The van der Waals surface area contributed by atoms with Gasteiger partial charge in [0.1, 0.15) is 0 Å². The SMILES string of the molecule is CC(C)(C)c1ccc(-c2ccccc2)c(N(c2ccc(-c3ccc(-c4cccc5ccccc45)cc3)cc2)c2ccccc2-c2cccc3cccc(-c4ccccc4)c23)c1. The fourth-order valence-corrected chi connectivity index (χ4v) is 8.90. The van der Waals surface area contributed by atoms with Crippen molar-refractivity contribution in [1.82, 2.24) is 0 Å². The standard InChI is InChI=1S/C60H47N/c1-60(2,3)49-37-40-53(45-17-6-4-7-18-45)58(41-49)61(50-38-35-43(36-39-50)42-31-33-47(34-32-42)52-27-14-22-44-21-10-11-25-51(44)52)57-30-13-12-26-55(57)56-29-16-24-48-23-15-28-54(59(48)56)46-19-8-5-9-20-46/h4-41H,1-3H3. The van der Waals surface area contributed by atoms with Crippen LogP contribution in [0.2, 0.25) is 0 Å². The molecule has 292 valence electrons. The lowest BCUT2D eigenvalue weighted by Crippen LogP contribution is -2.16. The van der Waals surface area contributed by atoms with Crippen molar-refractivity contribution < 1.29 is 0 Å². The number of hydrogen-bond donors (Lipinski definition) is 0. The van der Waals surface area contributed by atoms with Gasteiger partial charge in [-0.25, -0.2) is 0 Å². The summed E-state index contributed by atoms with van der Waals surface area (Å²) in [5.41, 5.74) is 16.6. The average Bonchev–Trinajstić information content (AvgIpc) is 3.32. The molecule has 0 radical (unpaired) electrons. The largest absolute Gasteiger partial charge is 0.309 e. The van der Waals surface area contributed by atoms with Gasteiger partial charge in [-0.3, -0.25) is 0 Å². The van der Waals surface area contributed by atoms with Crippen molar-refractivity contribution >= 4 is 38.6 Å². The molecule has 0 amide bonds. The lowest BCUT2D eigenvalue weighted by molar-refractivity contribution is 0.590. The van der Waals surface area contributed by atoms with E-state index in [9.17, 15) is 0 Å². The molecule has 1 heteroatoms. The number of benzene rings is 10. The molecule has 0 unspecified atom stereocenters. The van der Waals surface area contributed by atoms with Crippen LogP contribution in [0.1, 0.15) is 26.3 Å². The van der Waals surface area contributed by atoms with Gasteiger partial charge in [-0.15, -0.1) is 0 Å². The van der Waals surface area contributed by atoms with Crippen molar-refractivity contribution in [3.05, 3.63) is 236 Å². The second-order valence-corrected chi connectivity index (χ2v) is 16.9. The molecule has 0 aliphatic heterocycles. The van der Waals surface area contributed by atoms with Crippen molar-refractivity contribution in [2.24, 2.45) is 0 Å². The van der Waals surface area contributed by atoms with Crippen molar-refractivity contribution in [3.8, 4) is 55.6 Å². The Morgan fingerprint density at radius 1 is 0.311 bits per heavy atom. The Balaban J connectivity index is 1.15. The Bertz CT molecular complexity index is 3130. The molecule has 61 heavy (non-hydrogen) atoms. The van der Waals surface area contributed by atoms with Crippen LogP contribution in [-0.2, 0) is 5.41 Å². The highest BCUT2D eigenvalue weighted by molar-refractivity contribution is 6.09. The van der Waals surface area contributed by atoms with Gasteiger partial charge in [-0.05, 0) is 101 Å². The molecule has 0 aliphatic carbocycles. The Morgan fingerprint density at radius 2 is 0.803 bits per heavy atom. The first-order chi connectivity index (χ1) is 29.9. The summed E-state index contributed by atoms with van der Waals surface area (Å²) in [7, 11) is 0. The van der Waals surface area contributed by atoms with Crippen LogP contribution in [0, 0.1) is 0 Å². The maximum atomic E-state index is 2.49. The highest BCUT2D eigenvalue weighted by atomic mass is 15.1. The van der Waals surface area contributed by atoms with E-state index < -0.39 is 0 Å². The molecule has 10 aromatic rings. The lowest BCUT2D eigenvalue weighted by Gasteiger charge is -2.32. The van der Waals surface area contributed by atoms with Crippen LogP contribution >= 0.6 is 0 Å². The molecule has 10 aromatic carbocycles. The van der Waals surface area contributed by atoms with E-state index in [0.717, 1.165) is 17.1 Å². The van der Waals surface area contributed by atoms with Crippen LogP contribution < -0.4 is 4.90 Å². The van der Waals surface area contributed by atoms with Crippen molar-refractivity contribution in [1.29, 1.82) is 0 Å². The van der Waals surface area contributed by atoms with Crippen LogP contribution in [0.3, 0.4) is 0 Å². The zero-order valence-electron chi connectivity index (χ0n) is 34.9. The van der Waals surface area contributed by atoms with Gasteiger partial charge in [0.2, 0.25) is 0 Å². The summed E-state index contributed by atoms with van der Waals surface area (Å²) in [6, 6.07) is 84.3. The van der Waals surface area contributed by atoms with Crippen LogP contribution in [0.15, 0.2) is 231 Å². The minimum atomic E-state index is -0.0581. The summed E-state index contributed by atoms with van der Waals surface area (Å²) in [6.07, 6.45) is 0. The van der Waals surface area contributed by atoms with Crippen LogP contribution in [0.4, 0.5) is 17.1 Å². The molecule has 0 atom stereocenters. The van der Waals surface area contributed by atoms with E-state index in [0.29, 0.717) is 0 Å². The summed E-state index contributed by atoms with van der Waals surface area (Å²) in [5.74, 6) is 0. The monoisotopic (exact) mass is 781 g/mol. The maximum Gasteiger partial charge on any atom is 0.0543 e. The topological polar surface area (TPSA) is 3.24 Å². The Morgan fingerprint density at radius 3 is 1.49 bits per heavy atom. The normalized spacial score (nSPS) is 11.5. The van der Waals surface area contributed by atoms with Gasteiger partial charge in [0.25, 0.3) is 0 Å². The van der Waals surface area contributed by atoms with Crippen LogP contribution in [0.25, 0.3) is 77.2 Å². The van der Waals surface area contributed by atoms with E-state index in [2.05, 4.69) is 256 Å². The fourth-order valence-electron chi connectivity index (χ4n) is 8.90. The minimum Gasteiger partial charge on any atom is -0.309 e. The first kappa shape index (κ1) is 37.8. The van der Waals surface area contributed by atoms with E-state index in [1.54, 1.807) is 0 Å². The van der Waals surface area contributed by atoms with E-state index in [1.165, 1.54) is 82.7 Å². The number of nitrogens with zero attached hydrogens (tertiary/aromatic N) is 1. The van der Waals surface area contributed by atoms with Gasteiger partial charge >= 0.3 is 0 Å². The number of rotatable bonds is 8. The van der Waals surface area contributed by atoms with Crippen molar-refractivity contribution in [3.63, 3.8) is 0 Å². The zero-order chi connectivity index (χ0) is 41.3. The third-order valence-electron chi connectivity index (χ3n) is 12.1. The molecule has 0 spiro atoms. The van der Waals surface area contributed by atoms with E-state index >= 15 is 0 Å². The minimum absolute atomic E-state index is 0.0581. The molecule has 1 nitrogen and oxygen atoms in total. The van der Waals surface area contributed by atoms with Crippen molar-refractivity contribution in [2.75, 3.05) is 4.90 Å². The second kappa shape index (κ2) is 15.9. The zero-order valence-corrected chi connectivity index (χ0v) is 34.9. The maximum absolute atomic E-state index is 2.49. The Hall–Kier alpha value is -7.48. The average molecular weight is 782 g/mol. The third kappa shape index (κ3) is 7.30. The number of anilines is 3. The molecular formula is C60H47N. The Kier molecular flexibility index (Phi) is 9.87. The molecule has 0 N–H and O–H groups in total. The van der Waals surface area contributed by atoms with Gasteiger partial charge in [0.15, 0.2) is 0 Å². The first-order valence-electron chi connectivity index (χ1n) is 21.3. The number of para-hydroxylation sites is 1. The van der Waals surface area contributed by atoms with Gasteiger partial charge in [0, 0.05) is 16.8 Å². The van der Waals surface area contributed by atoms with Gasteiger partial charge in [-0.2, -0.15) is 0 Å². The van der Waals surface area contributed by atoms with E-state index in [4.69, 9.17) is 0 Å². The summed E-state index contributed by atoms with van der Waals surface area (Å²) >= 11 is 0. The van der Waals surface area contributed by atoms with Gasteiger partial charge in [-0.1, -0.05) is 227 Å². The molecule has 0 heterocycles. The number of fused-ring (bicyclic) bond motifs is 2. The highest BCUT2D eigenvalue weighted by Crippen LogP contribution is 2.48. The number of hydrogen-bond acceptors (Lipinski definition) is 1. The molecule has 0 saturated carbocycles. The van der Waals surface area contributed by atoms with E-state index in [1.807, 2.05) is 0 Å². The van der Waals surface area contributed by atoms with Crippen LogP contribution in [0.5, 0.6) is 0 Å². The van der Waals surface area contributed by atoms with Gasteiger partial charge < -0.3 is 4.90 Å². The predicted octanol–water partition coefficient (Wildman–Crippen LogP) is 17.1. The summed E-state index contributed by atoms with van der Waals surface area (Å²) in [6.45, 7) is 6.90. The summed E-state index contributed by atoms with van der Waals surface area (Å²) < 4.78 is 0. The molecule has 0 saturated heterocycles. The van der Waals surface area contributed by atoms with Crippen LogP contribution in [-0.4, -0.2) is 0 Å². The predicted molar refractivity (Wildman–Crippen MR) is 262 cm³/mol. The van der Waals surface area contributed by atoms with E-state index in [-0.39, 0.29) is 5.41 Å². The lowest BCUT2D eigenvalue weighted by atomic mass is 9.85. The van der Waals surface area contributed by atoms with Gasteiger partial charge in [0.05, 0.1) is 11.4 Å². The third-order valence-corrected chi connectivity index (χ3v) is 12.1. The van der Waals surface area contributed by atoms with Crippen molar-refractivity contribution in [2.45, 2.75) is 26.2 Å². The fraction of sp³-hybridized carbons (Fsp3) is 0.0667. The first-order valence-corrected chi connectivity index (χ1v) is 21.3. The quantitative estimate of drug-likeness (QED) is 0.148.